The molecule has 0 spiro atoms. The van der Waals surface area contributed by atoms with E-state index in [1.54, 1.807) is 0 Å². The van der Waals surface area contributed by atoms with Gasteiger partial charge in [-0.2, -0.15) is 4.98 Å². The van der Waals surface area contributed by atoms with Gasteiger partial charge in [0.25, 0.3) is 0 Å². The lowest BCUT2D eigenvalue weighted by molar-refractivity contribution is 0.0964. The second-order valence-electron chi connectivity index (χ2n) is 3.20. The molecule has 0 aromatic carbocycles. The van der Waals surface area contributed by atoms with Crippen molar-refractivity contribution in [3.63, 3.8) is 0 Å². The number of nitrogens with zero attached hydrogens (tertiary/aromatic N) is 2. The number of nitrogens with one attached hydrogen (secondary N) is 1. The van der Waals surface area contributed by atoms with Gasteiger partial charge >= 0.3 is 0 Å². The van der Waals surface area contributed by atoms with E-state index < -0.39 is 0 Å². The van der Waals surface area contributed by atoms with E-state index in [1.807, 2.05) is 0 Å². The van der Waals surface area contributed by atoms with E-state index in [1.165, 1.54) is 12.4 Å². The fourth-order valence-electron chi connectivity index (χ4n) is 1.04. The average molecular weight is 226 g/mol. The molecule has 90 valence electrons. The molecule has 16 heavy (non-hydrogen) atoms. The molecule has 6 heteroatoms. The van der Waals surface area contributed by atoms with Gasteiger partial charge in [-0.05, 0) is 6.42 Å². The third kappa shape index (κ3) is 4.90. The highest BCUT2D eigenvalue weighted by atomic mass is 16.5. The lowest BCUT2D eigenvalue weighted by Gasteiger charge is -2.06. The lowest BCUT2D eigenvalue weighted by Crippen LogP contribution is -2.11. The second kappa shape index (κ2) is 7.84. The largest absolute Gasteiger partial charge is 0.474 e. The minimum absolute atomic E-state index is 0.439. The quantitative estimate of drug-likeness (QED) is 0.390. The summed E-state index contributed by atoms with van der Waals surface area (Å²) >= 11 is 0. The zero-order valence-electron chi connectivity index (χ0n) is 9.48. The number of anilines is 1. The molecule has 0 bridgehead atoms. The van der Waals surface area contributed by atoms with E-state index >= 15 is 0 Å². The highest BCUT2D eigenvalue weighted by Crippen LogP contribution is 2.07. The van der Waals surface area contributed by atoms with Crippen LogP contribution < -0.4 is 16.0 Å². The Morgan fingerprint density at radius 2 is 2.19 bits per heavy atom. The number of aromatic nitrogens is 2. The Balaban J connectivity index is 2.16. The summed E-state index contributed by atoms with van der Waals surface area (Å²) in [7, 11) is 0. The van der Waals surface area contributed by atoms with Gasteiger partial charge in [0.2, 0.25) is 5.88 Å². The van der Waals surface area contributed by atoms with E-state index in [4.69, 9.17) is 15.3 Å². The summed E-state index contributed by atoms with van der Waals surface area (Å²) in [5.41, 5.74) is 2.40. The molecule has 3 N–H and O–H groups in total. The van der Waals surface area contributed by atoms with Crippen LogP contribution in [0.25, 0.3) is 0 Å². The predicted octanol–water partition coefficient (Wildman–Crippen LogP) is 0.958. The van der Waals surface area contributed by atoms with Gasteiger partial charge in [-0.15, -0.1) is 0 Å². The molecule has 1 aromatic heterocycles. The Labute approximate surface area is 95.1 Å². The van der Waals surface area contributed by atoms with Gasteiger partial charge in [0.1, 0.15) is 6.61 Å². The van der Waals surface area contributed by atoms with Crippen LogP contribution in [0.4, 0.5) is 5.82 Å². The van der Waals surface area contributed by atoms with Crippen LogP contribution in [0, 0.1) is 0 Å². The third-order valence-corrected chi connectivity index (χ3v) is 1.88. The van der Waals surface area contributed by atoms with Gasteiger partial charge in [0, 0.05) is 6.61 Å². The van der Waals surface area contributed by atoms with E-state index in [0.717, 1.165) is 19.4 Å². The van der Waals surface area contributed by atoms with Crippen molar-refractivity contribution >= 4 is 5.82 Å². The van der Waals surface area contributed by atoms with Crippen LogP contribution in [0.2, 0.25) is 0 Å². The molecule has 1 heterocycles. The zero-order valence-corrected chi connectivity index (χ0v) is 9.48. The van der Waals surface area contributed by atoms with Gasteiger partial charge in [-0.1, -0.05) is 13.3 Å². The standard InChI is InChI=1S/C10H18N4O2/c1-2-3-4-15-5-6-16-10-8-12-7-9(13-10)14-11/h7-8H,2-6,11H2,1H3,(H,13,14). The molecule has 0 radical (unpaired) electrons. The van der Waals surface area contributed by atoms with Crippen molar-refractivity contribution in [1.82, 2.24) is 9.97 Å². The maximum Gasteiger partial charge on any atom is 0.234 e. The van der Waals surface area contributed by atoms with Crippen LogP contribution >= 0.6 is 0 Å². The van der Waals surface area contributed by atoms with Crippen molar-refractivity contribution in [2.45, 2.75) is 19.8 Å². The first-order chi connectivity index (χ1) is 7.86. The van der Waals surface area contributed by atoms with E-state index in [2.05, 4.69) is 22.3 Å². The summed E-state index contributed by atoms with van der Waals surface area (Å²) in [6.07, 6.45) is 5.26. The van der Waals surface area contributed by atoms with Crippen LogP contribution in [-0.2, 0) is 4.74 Å². The molecule has 1 rings (SSSR count). The third-order valence-electron chi connectivity index (χ3n) is 1.88. The van der Waals surface area contributed by atoms with Gasteiger partial charge in [0.15, 0.2) is 5.82 Å². The lowest BCUT2D eigenvalue weighted by atomic mass is 10.4. The number of ether oxygens (including phenoxy) is 2. The van der Waals surface area contributed by atoms with Gasteiger partial charge in [0.05, 0.1) is 19.0 Å². The summed E-state index contributed by atoms with van der Waals surface area (Å²) < 4.78 is 10.7. The maximum atomic E-state index is 5.34. The van der Waals surface area contributed by atoms with Crippen molar-refractivity contribution in [3.05, 3.63) is 12.4 Å². The van der Waals surface area contributed by atoms with Crippen LogP contribution in [0.3, 0.4) is 0 Å². The summed E-state index contributed by atoms with van der Waals surface area (Å²) in [4.78, 5) is 7.96. The molecule has 0 aliphatic heterocycles. The van der Waals surface area contributed by atoms with Crippen LogP contribution in [0.15, 0.2) is 12.4 Å². The van der Waals surface area contributed by atoms with E-state index in [0.29, 0.717) is 24.9 Å². The molecule has 0 aliphatic carbocycles. The van der Waals surface area contributed by atoms with Crippen molar-refractivity contribution in [2.24, 2.45) is 5.84 Å². The highest BCUT2D eigenvalue weighted by Gasteiger charge is 1.97. The Kier molecular flexibility index (Phi) is 6.20. The number of hydrazine groups is 1. The number of nitrogen functional groups attached to an aromatic ring is 1. The Bertz CT molecular complexity index is 296. The van der Waals surface area contributed by atoms with E-state index in [-0.39, 0.29) is 0 Å². The minimum Gasteiger partial charge on any atom is -0.474 e. The smallest absolute Gasteiger partial charge is 0.234 e. The molecule has 6 nitrogen and oxygen atoms in total. The normalized spacial score (nSPS) is 10.1. The van der Waals surface area contributed by atoms with Crippen molar-refractivity contribution in [3.8, 4) is 5.88 Å². The van der Waals surface area contributed by atoms with Crippen LogP contribution in [0.1, 0.15) is 19.8 Å². The Hall–Kier alpha value is -1.40. The first-order valence-corrected chi connectivity index (χ1v) is 5.36. The summed E-state index contributed by atoms with van der Waals surface area (Å²) in [5, 5.41) is 0. The van der Waals surface area contributed by atoms with Crippen LogP contribution in [0.5, 0.6) is 5.88 Å². The summed E-state index contributed by atoms with van der Waals surface area (Å²) in [6.45, 7) is 3.92. The summed E-state index contributed by atoms with van der Waals surface area (Å²) in [6, 6.07) is 0. The SMILES string of the molecule is CCCCOCCOc1cncc(NN)n1. The van der Waals surface area contributed by atoms with Crippen molar-refractivity contribution in [2.75, 3.05) is 25.2 Å². The van der Waals surface area contributed by atoms with Crippen molar-refractivity contribution in [1.29, 1.82) is 0 Å². The van der Waals surface area contributed by atoms with Gasteiger partial charge in [-0.25, -0.2) is 5.84 Å². The molecular weight excluding hydrogens is 208 g/mol. The van der Waals surface area contributed by atoms with Crippen LogP contribution in [-0.4, -0.2) is 29.8 Å². The van der Waals surface area contributed by atoms with Gasteiger partial charge < -0.3 is 14.9 Å². The maximum absolute atomic E-state index is 5.34. The molecule has 0 saturated heterocycles. The predicted molar refractivity (Wildman–Crippen MR) is 61.1 cm³/mol. The number of nitrogens with two attached hydrogens (primary N) is 1. The Morgan fingerprint density at radius 1 is 1.31 bits per heavy atom. The average Bonchev–Trinajstić information content (AvgIpc) is 2.34. The fraction of sp³-hybridized carbons (Fsp3) is 0.600. The van der Waals surface area contributed by atoms with Crippen molar-refractivity contribution < 1.29 is 9.47 Å². The molecule has 0 saturated carbocycles. The molecule has 0 aliphatic rings. The molecule has 0 unspecified atom stereocenters. The monoisotopic (exact) mass is 226 g/mol. The molecule has 0 fully saturated rings. The zero-order chi connectivity index (χ0) is 11.6. The number of rotatable bonds is 8. The van der Waals surface area contributed by atoms with E-state index in [9.17, 15) is 0 Å². The summed E-state index contributed by atoms with van der Waals surface area (Å²) in [5.74, 6) is 6.11. The molecule has 0 amide bonds. The minimum atomic E-state index is 0.439. The number of hydrogen-bond acceptors (Lipinski definition) is 6. The fourth-order valence-corrected chi connectivity index (χ4v) is 1.04. The number of unbranched alkanes of at least 4 members (excludes halogenated alkanes) is 1. The molecule has 1 aromatic rings. The first kappa shape index (κ1) is 12.7. The molecule has 0 atom stereocenters. The Morgan fingerprint density at radius 3 is 2.94 bits per heavy atom. The molecular formula is C10H18N4O2. The highest BCUT2D eigenvalue weighted by molar-refractivity contribution is 5.31. The van der Waals surface area contributed by atoms with Gasteiger partial charge in [-0.3, -0.25) is 4.98 Å². The second-order valence-corrected chi connectivity index (χ2v) is 3.20. The topological polar surface area (TPSA) is 82.3 Å². The number of hydrogen-bond donors (Lipinski definition) is 2. The first-order valence-electron chi connectivity index (χ1n) is 5.36.